The molecule has 0 heterocycles. The van der Waals surface area contributed by atoms with Gasteiger partial charge in [0.2, 0.25) is 0 Å². The van der Waals surface area contributed by atoms with Gasteiger partial charge in [0.15, 0.2) is 0 Å². The van der Waals surface area contributed by atoms with Gasteiger partial charge in [-0.2, -0.15) is 0 Å². The standard InChI is InChI=1S/C21H30O2/c22-21(20-12-13-3-4-16(20)7-13)23-5-1-2-19-17-8-14-6-15(10-17)11-18(19)9-14/h3-4,13-20H,1-2,5-12H2. The van der Waals surface area contributed by atoms with Crippen LogP contribution in [-0.2, 0) is 9.53 Å². The highest BCUT2D eigenvalue weighted by Gasteiger charge is 2.47. The molecule has 0 spiro atoms. The van der Waals surface area contributed by atoms with Gasteiger partial charge < -0.3 is 4.74 Å². The van der Waals surface area contributed by atoms with Crippen molar-refractivity contribution < 1.29 is 9.53 Å². The van der Waals surface area contributed by atoms with Crippen LogP contribution in [0.15, 0.2) is 12.2 Å². The lowest BCUT2D eigenvalue weighted by atomic mass is 9.51. The number of carbonyl (C=O) groups excluding carboxylic acids is 1. The van der Waals surface area contributed by atoms with Gasteiger partial charge in [0.25, 0.3) is 0 Å². The molecule has 5 saturated carbocycles. The molecule has 5 fully saturated rings. The second kappa shape index (κ2) is 5.63. The minimum atomic E-state index is 0.0898. The Labute approximate surface area is 140 Å². The molecule has 0 radical (unpaired) electrons. The molecular weight excluding hydrogens is 284 g/mol. The third-order valence-electron chi connectivity index (χ3n) is 7.93. The number of allylic oxidation sites excluding steroid dienone is 2. The van der Waals surface area contributed by atoms with E-state index in [0.717, 1.165) is 42.4 Å². The Morgan fingerprint density at radius 3 is 2.26 bits per heavy atom. The van der Waals surface area contributed by atoms with E-state index < -0.39 is 0 Å². The predicted molar refractivity (Wildman–Crippen MR) is 89.6 cm³/mol. The highest BCUT2D eigenvalue weighted by atomic mass is 16.5. The van der Waals surface area contributed by atoms with E-state index >= 15 is 0 Å². The van der Waals surface area contributed by atoms with Crippen molar-refractivity contribution in [3.63, 3.8) is 0 Å². The number of fused-ring (bicyclic) bond motifs is 2. The van der Waals surface area contributed by atoms with Crippen molar-refractivity contribution in [1.29, 1.82) is 0 Å². The van der Waals surface area contributed by atoms with Crippen LogP contribution in [0.4, 0.5) is 0 Å². The van der Waals surface area contributed by atoms with Crippen LogP contribution in [-0.4, -0.2) is 12.6 Å². The third kappa shape index (κ3) is 2.57. The van der Waals surface area contributed by atoms with Crippen molar-refractivity contribution in [3.8, 4) is 0 Å². The summed E-state index contributed by atoms with van der Waals surface area (Å²) in [5.41, 5.74) is 0. The first-order chi connectivity index (χ1) is 11.3. The average Bonchev–Trinajstić information content (AvgIpc) is 3.15. The highest BCUT2D eigenvalue weighted by Crippen LogP contribution is 2.57. The molecule has 6 aliphatic carbocycles. The van der Waals surface area contributed by atoms with Crippen molar-refractivity contribution >= 4 is 5.97 Å². The number of esters is 1. The first kappa shape index (κ1) is 14.5. The molecule has 0 aromatic rings. The zero-order valence-corrected chi connectivity index (χ0v) is 14.2. The molecule has 0 aromatic carbocycles. The molecule has 0 N–H and O–H groups in total. The molecule has 126 valence electrons. The second-order valence-corrected chi connectivity index (χ2v) is 9.29. The van der Waals surface area contributed by atoms with E-state index in [1.165, 1.54) is 44.9 Å². The molecule has 0 amide bonds. The molecular formula is C21H30O2. The minimum absolute atomic E-state index is 0.0898. The third-order valence-corrected chi connectivity index (χ3v) is 7.93. The molecule has 2 nitrogen and oxygen atoms in total. The Morgan fingerprint density at radius 1 is 0.913 bits per heavy atom. The molecule has 3 atom stereocenters. The fourth-order valence-electron chi connectivity index (χ4n) is 7.16. The lowest BCUT2D eigenvalue weighted by Gasteiger charge is -2.54. The number of ether oxygens (including phenoxy) is 1. The fraction of sp³-hybridized carbons (Fsp3) is 0.857. The quantitative estimate of drug-likeness (QED) is 0.421. The van der Waals surface area contributed by atoms with Crippen molar-refractivity contribution in [3.05, 3.63) is 12.2 Å². The summed E-state index contributed by atoms with van der Waals surface area (Å²) in [6, 6.07) is 0. The van der Waals surface area contributed by atoms with Gasteiger partial charge in [0, 0.05) is 0 Å². The predicted octanol–water partition coefficient (Wildman–Crippen LogP) is 4.59. The number of hydrogen-bond acceptors (Lipinski definition) is 2. The largest absolute Gasteiger partial charge is 0.465 e. The van der Waals surface area contributed by atoms with Crippen molar-refractivity contribution in [2.45, 2.75) is 57.8 Å². The first-order valence-electron chi connectivity index (χ1n) is 10.1. The molecule has 23 heavy (non-hydrogen) atoms. The minimum Gasteiger partial charge on any atom is -0.465 e. The zero-order chi connectivity index (χ0) is 15.4. The maximum Gasteiger partial charge on any atom is 0.309 e. The summed E-state index contributed by atoms with van der Waals surface area (Å²) in [4.78, 5) is 12.3. The Balaban J connectivity index is 1.08. The van der Waals surface area contributed by atoms with E-state index in [-0.39, 0.29) is 11.9 Å². The molecule has 0 saturated heterocycles. The fourth-order valence-corrected chi connectivity index (χ4v) is 7.16. The maximum absolute atomic E-state index is 12.3. The number of rotatable bonds is 5. The van der Waals surface area contributed by atoms with Crippen LogP contribution in [0.2, 0.25) is 0 Å². The summed E-state index contributed by atoms with van der Waals surface area (Å²) in [6.45, 7) is 0.666. The van der Waals surface area contributed by atoms with Gasteiger partial charge in [-0.3, -0.25) is 4.79 Å². The Kier molecular flexibility index (Phi) is 3.56. The smallest absolute Gasteiger partial charge is 0.309 e. The molecule has 2 heteroatoms. The van der Waals surface area contributed by atoms with Gasteiger partial charge in [-0.1, -0.05) is 12.2 Å². The molecule has 3 unspecified atom stereocenters. The van der Waals surface area contributed by atoms with E-state index in [4.69, 9.17) is 4.74 Å². The van der Waals surface area contributed by atoms with Crippen LogP contribution in [0, 0.1) is 47.3 Å². The topological polar surface area (TPSA) is 26.3 Å². The van der Waals surface area contributed by atoms with Gasteiger partial charge in [0.05, 0.1) is 12.5 Å². The monoisotopic (exact) mass is 314 g/mol. The van der Waals surface area contributed by atoms with Crippen molar-refractivity contribution in [2.75, 3.05) is 6.61 Å². The van der Waals surface area contributed by atoms with E-state index in [1.807, 2.05) is 0 Å². The van der Waals surface area contributed by atoms with Crippen LogP contribution < -0.4 is 0 Å². The van der Waals surface area contributed by atoms with Gasteiger partial charge in [-0.15, -0.1) is 0 Å². The average molecular weight is 314 g/mol. The van der Waals surface area contributed by atoms with Crippen LogP contribution >= 0.6 is 0 Å². The van der Waals surface area contributed by atoms with Crippen LogP contribution in [0.1, 0.15) is 57.8 Å². The lowest BCUT2D eigenvalue weighted by molar-refractivity contribution is -0.149. The SMILES string of the molecule is O=C(OCCCC1C2CC3CC(C2)CC1C3)C1CC2C=CC1C2. The normalized spacial score (nSPS) is 49.0. The van der Waals surface area contributed by atoms with Crippen molar-refractivity contribution in [2.24, 2.45) is 47.3 Å². The summed E-state index contributed by atoms with van der Waals surface area (Å²) < 4.78 is 5.65. The zero-order valence-electron chi connectivity index (χ0n) is 14.2. The maximum atomic E-state index is 12.3. The van der Waals surface area contributed by atoms with E-state index in [0.29, 0.717) is 18.4 Å². The van der Waals surface area contributed by atoms with Gasteiger partial charge in [-0.05, 0) is 99.2 Å². The van der Waals surface area contributed by atoms with Gasteiger partial charge >= 0.3 is 5.97 Å². The van der Waals surface area contributed by atoms with Crippen LogP contribution in [0.5, 0.6) is 0 Å². The van der Waals surface area contributed by atoms with E-state index in [1.54, 1.807) is 0 Å². The summed E-state index contributed by atoms with van der Waals surface area (Å²) in [7, 11) is 0. The summed E-state index contributed by atoms with van der Waals surface area (Å²) >= 11 is 0. The second-order valence-electron chi connectivity index (χ2n) is 9.29. The Bertz CT molecular complexity index is 480. The van der Waals surface area contributed by atoms with Crippen LogP contribution in [0.25, 0.3) is 0 Å². The molecule has 6 rings (SSSR count). The van der Waals surface area contributed by atoms with Crippen LogP contribution in [0.3, 0.4) is 0 Å². The summed E-state index contributed by atoms with van der Waals surface area (Å²) in [5, 5.41) is 0. The van der Waals surface area contributed by atoms with Gasteiger partial charge in [0.1, 0.15) is 0 Å². The van der Waals surface area contributed by atoms with Crippen molar-refractivity contribution in [1.82, 2.24) is 0 Å². The molecule has 0 aromatic heterocycles. The Hall–Kier alpha value is -0.790. The summed E-state index contributed by atoms with van der Waals surface area (Å²) in [5.74, 6) is 6.51. The lowest BCUT2D eigenvalue weighted by Crippen LogP contribution is -2.45. The molecule has 0 aliphatic heterocycles. The van der Waals surface area contributed by atoms with E-state index in [9.17, 15) is 4.79 Å². The highest BCUT2D eigenvalue weighted by molar-refractivity contribution is 5.74. The summed E-state index contributed by atoms with van der Waals surface area (Å²) in [6.07, 6.45) is 16.7. The molecule has 6 aliphatic rings. The first-order valence-corrected chi connectivity index (χ1v) is 10.1. The number of carbonyl (C=O) groups is 1. The Morgan fingerprint density at radius 2 is 1.65 bits per heavy atom. The molecule has 6 bridgehead atoms. The number of hydrogen-bond donors (Lipinski definition) is 0. The van der Waals surface area contributed by atoms with Gasteiger partial charge in [-0.25, -0.2) is 0 Å². The van der Waals surface area contributed by atoms with E-state index in [2.05, 4.69) is 12.2 Å².